The first-order chi connectivity index (χ1) is 29.8. The molecule has 4 aromatic rings. The van der Waals surface area contributed by atoms with Gasteiger partial charge in [0.1, 0.15) is 100 Å². The average Bonchev–Trinajstić information content (AvgIpc) is 3.24. The number of Topliss-reactive ketones (excluding diaryl/α,β-unsaturated/α-hetero) is 2. The van der Waals surface area contributed by atoms with Crippen LogP contribution in [0.3, 0.4) is 0 Å². The lowest BCUT2D eigenvalue weighted by Crippen LogP contribution is -2.60. The van der Waals surface area contributed by atoms with Gasteiger partial charge in [0.2, 0.25) is 12.6 Å². The molecule has 15 N–H and O–H groups in total. The number of hydrogen-bond acceptors (Lipinski definition) is 21. The molecule has 2 fully saturated rings. The topological polar surface area (TPSA) is 375 Å². The Labute approximate surface area is 356 Å². The molecule has 10 unspecified atom stereocenters. The highest BCUT2D eigenvalue weighted by Crippen LogP contribution is 2.51. The molecule has 21 heteroatoms. The summed E-state index contributed by atoms with van der Waals surface area (Å²) in [6.07, 6.45) is -19.1. The summed E-state index contributed by atoms with van der Waals surface area (Å²) in [6, 6.07) is 10.5. The van der Waals surface area contributed by atoms with Crippen LogP contribution in [0.2, 0.25) is 0 Å². The molecule has 0 amide bonds. The van der Waals surface area contributed by atoms with Crippen molar-refractivity contribution < 1.29 is 105 Å². The molecule has 2 aliphatic heterocycles. The molecule has 10 atom stereocenters. The lowest BCUT2D eigenvalue weighted by atomic mass is 9.92. The second kappa shape index (κ2) is 19.2. The van der Waals surface area contributed by atoms with Crippen LogP contribution in [0.1, 0.15) is 44.7 Å². The summed E-state index contributed by atoms with van der Waals surface area (Å²) in [6.45, 7) is -1.67. The number of carbonyl (C=O) groups excluding carboxylic acids is 2. The number of ketones is 2. The number of ether oxygens (including phenoxy) is 4. The predicted molar refractivity (Wildman–Crippen MR) is 211 cm³/mol. The number of aromatic hydroxyl groups is 7. The molecule has 0 aliphatic carbocycles. The van der Waals surface area contributed by atoms with Gasteiger partial charge in [0.15, 0.2) is 23.1 Å². The number of carbonyl (C=O) groups is 2. The highest BCUT2D eigenvalue weighted by atomic mass is 16.7. The summed E-state index contributed by atoms with van der Waals surface area (Å²) < 4.78 is 22.1. The van der Waals surface area contributed by atoms with Gasteiger partial charge in [-0.2, -0.15) is 0 Å². The molecule has 63 heavy (non-hydrogen) atoms. The Morgan fingerprint density at radius 1 is 0.508 bits per heavy atom. The lowest BCUT2D eigenvalue weighted by Gasteiger charge is -2.39. The van der Waals surface area contributed by atoms with Crippen molar-refractivity contribution in [2.45, 2.75) is 87.1 Å². The van der Waals surface area contributed by atoms with Crippen molar-refractivity contribution in [2.24, 2.45) is 0 Å². The van der Waals surface area contributed by atoms with E-state index in [4.69, 9.17) is 18.9 Å². The van der Waals surface area contributed by atoms with Gasteiger partial charge in [-0.15, -0.1) is 0 Å². The Hall–Kier alpha value is -5.98. The first-order valence-corrected chi connectivity index (χ1v) is 19.3. The average molecular weight is 887 g/mol. The summed E-state index contributed by atoms with van der Waals surface area (Å²) in [7, 11) is 0. The molecule has 0 bridgehead atoms. The van der Waals surface area contributed by atoms with E-state index in [1.807, 2.05) is 0 Å². The molecule has 6 rings (SSSR count). The van der Waals surface area contributed by atoms with E-state index in [0.29, 0.717) is 5.56 Å². The minimum Gasteiger partial charge on any atom is -0.508 e. The third kappa shape index (κ3) is 9.67. The SMILES string of the molecule is O=C(CCc1cc(O)c(O)c(-c2c(OC3OC(CO)C(O)C(O)C3O)cc(O)c(C(=O)CCc3ccc(O)cc3)c2O)c1)c1c(O)cc(O)cc1OC1OC(CO)C(O)C(O)C1O. The van der Waals surface area contributed by atoms with Crippen LogP contribution in [-0.2, 0) is 22.3 Å². The number of phenols is 7. The van der Waals surface area contributed by atoms with Crippen LogP contribution >= 0.6 is 0 Å². The number of aryl methyl sites for hydroxylation is 2. The number of aliphatic hydroxyl groups excluding tert-OH is 8. The molecule has 21 nitrogen and oxygen atoms in total. The van der Waals surface area contributed by atoms with Gasteiger partial charge in [0.05, 0.1) is 18.8 Å². The normalized spacial score (nSPS) is 26.0. The molecule has 4 aromatic carbocycles. The van der Waals surface area contributed by atoms with Gasteiger partial charge in [0.25, 0.3) is 0 Å². The van der Waals surface area contributed by atoms with Crippen molar-refractivity contribution in [2.75, 3.05) is 13.2 Å². The molecule has 0 saturated carbocycles. The minimum atomic E-state index is -2.02. The van der Waals surface area contributed by atoms with Crippen LogP contribution in [-0.4, -0.2) is 163 Å². The van der Waals surface area contributed by atoms with Gasteiger partial charge < -0.3 is 95.5 Å². The zero-order chi connectivity index (χ0) is 46.0. The van der Waals surface area contributed by atoms with Gasteiger partial charge in [0, 0.05) is 36.6 Å². The van der Waals surface area contributed by atoms with Gasteiger partial charge in [-0.25, -0.2) is 0 Å². The molecule has 2 saturated heterocycles. The van der Waals surface area contributed by atoms with Gasteiger partial charge in [-0.1, -0.05) is 12.1 Å². The maximum atomic E-state index is 13.7. The maximum Gasteiger partial charge on any atom is 0.229 e. The second-order valence-corrected chi connectivity index (χ2v) is 15.0. The fraction of sp³-hybridized carbons (Fsp3) is 0.381. The van der Waals surface area contributed by atoms with Crippen molar-refractivity contribution in [3.63, 3.8) is 0 Å². The zero-order valence-corrected chi connectivity index (χ0v) is 32.9. The van der Waals surface area contributed by atoms with Gasteiger partial charge in [-0.05, 0) is 48.2 Å². The molecular formula is C42H46O21. The van der Waals surface area contributed by atoms with Crippen molar-refractivity contribution in [3.8, 4) is 62.9 Å². The van der Waals surface area contributed by atoms with Crippen LogP contribution in [0.5, 0.6) is 51.7 Å². The first kappa shape index (κ1) is 46.5. The standard InChI is InChI=1S/C42H46O21/c43-14-28-34(53)37(56)39(58)41(62-28)60-26-12-19(46)11-23(49)31(26)21(47)8-4-17-9-20(33(52)25(51)10-17)30-27(61-42-40(59)38(57)35(54)29(15-44)63-42)13-24(50)32(36(30)55)22(48)7-3-16-1-5-18(45)6-2-16/h1-2,5-6,9-13,28-29,34-35,37-46,49-59H,3-4,7-8,14-15H2. The maximum absolute atomic E-state index is 13.7. The van der Waals surface area contributed by atoms with E-state index in [-0.39, 0.29) is 30.6 Å². The van der Waals surface area contributed by atoms with E-state index in [2.05, 4.69) is 0 Å². The lowest BCUT2D eigenvalue weighted by molar-refractivity contribution is -0.277. The van der Waals surface area contributed by atoms with Crippen LogP contribution in [0.15, 0.2) is 54.6 Å². The number of aliphatic hydroxyl groups is 8. The van der Waals surface area contributed by atoms with E-state index in [1.54, 1.807) is 12.1 Å². The number of phenolic OH excluding ortho intramolecular Hbond substituents is 7. The number of benzene rings is 4. The summed E-state index contributed by atoms with van der Waals surface area (Å²) in [5.74, 6) is -8.01. The molecule has 340 valence electrons. The predicted octanol–water partition coefficient (Wildman–Crippen LogP) is -0.719. The van der Waals surface area contributed by atoms with E-state index in [0.717, 1.165) is 30.3 Å². The largest absolute Gasteiger partial charge is 0.508 e. The molecule has 0 radical (unpaired) electrons. The Kier molecular flexibility index (Phi) is 14.2. The minimum absolute atomic E-state index is 0.0289. The fourth-order valence-corrected chi connectivity index (χ4v) is 7.24. The fourth-order valence-electron chi connectivity index (χ4n) is 7.24. The molecule has 2 heterocycles. The van der Waals surface area contributed by atoms with Crippen molar-refractivity contribution in [3.05, 3.63) is 76.9 Å². The summed E-state index contributed by atoms with van der Waals surface area (Å²) in [4.78, 5) is 27.4. The summed E-state index contributed by atoms with van der Waals surface area (Å²) in [5, 5.41) is 157. The zero-order valence-electron chi connectivity index (χ0n) is 32.9. The molecule has 2 aliphatic rings. The first-order valence-electron chi connectivity index (χ1n) is 19.3. The van der Waals surface area contributed by atoms with Crippen LogP contribution in [0.4, 0.5) is 0 Å². The third-order valence-corrected chi connectivity index (χ3v) is 10.7. The molecule has 0 aromatic heterocycles. The Bertz CT molecular complexity index is 2290. The van der Waals surface area contributed by atoms with Gasteiger partial charge >= 0.3 is 0 Å². The Morgan fingerprint density at radius 3 is 1.57 bits per heavy atom. The Balaban J connectivity index is 1.35. The van der Waals surface area contributed by atoms with Crippen LogP contribution < -0.4 is 9.47 Å². The summed E-state index contributed by atoms with van der Waals surface area (Å²) >= 11 is 0. The third-order valence-electron chi connectivity index (χ3n) is 10.7. The number of hydrogen-bond donors (Lipinski definition) is 15. The highest BCUT2D eigenvalue weighted by molar-refractivity contribution is 6.05. The summed E-state index contributed by atoms with van der Waals surface area (Å²) in [5.41, 5.74) is -1.68. The van der Waals surface area contributed by atoms with Crippen molar-refractivity contribution >= 4 is 11.6 Å². The van der Waals surface area contributed by atoms with E-state index in [1.165, 1.54) is 12.1 Å². The molecule has 0 spiro atoms. The van der Waals surface area contributed by atoms with E-state index >= 15 is 0 Å². The van der Waals surface area contributed by atoms with Crippen LogP contribution in [0.25, 0.3) is 11.1 Å². The van der Waals surface area contributed by atoms with E-state index < -0.39 is 161 Å². The second-order valence-electron chi connectivity index (χ2n) is 15.0. The Morgan fingerprint density at radius 2 is 1.02 bits per heavy atom. The highest BCUT2D eigenvalue weighted by Gasteiger charge is 2.46. The van der Waals surface area contributed by atoms with Crippen molar-refractivity contribution in [1.82, 2.24) is 0 Å². The monoisotopic (exact) mass is 886 g/mol. The molecular weight excluding hydrogens is 840 g/mol. The van der Waals surface area contributed by atoms with Crippen LogP contribution in [0, 0.1) is 0 Å². The van der Waals surface area contributed by atoms with Gasteiger partial charge in [-0.3, -0.25) is 9.59 Å². The number of rotatable bonds is 15. The van der Waals surface area contributed by atoms with E-state index in [9.17, 15) is 86.2 Å². The van der Waals surface area contributed by atoms with Crippen molar-refractivity contribution in [1.29, 1.82) is 0 Å². The quantitative estimate of drug-likeness (QED) is 0.0517. The smallest absolute Gasteiger partial charge is 0.229 e.